The van der Waals surface area contributed by atoms with Crippen molar-refractivity contribution in [1.82, 2.24) is 4.90 Å². The number of hydrogen-bond donors (Lipinski definition) is 1. The van der Waals surface area contributed by atoms with Crippen LogP contribution in [0.2, 0.25) is 0 Å². The van der Waals surface area contributed by atoms with E-state index in [-0.39, 0.29) is 18.4 Å². The monoisotopic (exact) mass is 389 g/mol. The molecular weight excluding hydrogens is 371 g/mol. The Balaban J connectivity index is 1.37. The minimum atomic E-state index is -4.39. The van der Waals surface area contributed by atoms with Crippen LogP contribution in [0.5, 0.6) is 0 Å². The van der Waals surface area contributed by atoms with E-state index in [1.54, 1.807) is 4.90 Å². The van der Waals surface area contributed by atoms with Crippen LogP contribution in [0.1, 0.15) is 11.1 Å². The summed E-state index contributed by atoms with van der Waals surface area (Å²) < 4.78 is 37.9. The number of carbonyl (C=O) groups is 2. The Morgan fingerprint density at radius 3 is 2.43 bits per heavy atom. The number of halogens is 3. The van der Waals surface area contributed by atoms with Gasteiger partial charge in [0, 0.05) is 13.1 Å². The third-order valence-corrected chi connectivity index (χ3v) is 5.16. The first-order valence-corrected chi connectivity index (χ1v) is 8.90. The molecule has 146 valence electrons. The minimum Gasteiger partial charge on any atom is -0.358 e. The van der Waals surface area contributed by atoms with Crippen molar-refractivity contribution in [2.24, 2.45) is 0 Å². The average Bonchev–Trinajstić information content (AvgIpc) is 2.99. The number of likely N-dealkylation sites (tertiary alicyclic amines) is 1. The van der Waals surface area contributed by atoms with Crippen molar-refractivity contribution in [3.63, 3.8) is 0 Å². The maximum absolute atomic E-state index is 12.6. The van der Waals surface area contributed by atoms with Crippen molar-refractivity contribution in [2.75, 3.05) is 23.3 Å². The maximum atomic E-state index is 12.6. The van der Waals surface area contributed by atoms with E-state index in [9.17, 15) is 22.8 Å². The van der Waals surface area contributed by atoms with Crippen LogP contribution in [0, 0.1) is 0 Å². The molecule has 1 unspecified atom stereocenters. The standard InChI is InChI=1S/C20H18F3N3O2/c21-20(22,23)14-7-5-13(6-8-14)9-19(28)25-10-15(11-25)26-17-4-2-1-3-16(17)24-18(26)12-27/h1-8,12,15,18,24H,9-11H2. The molecule has 0 bridgehead atoms. The Hall–Kier alpha value is -3.03. The van der Waals surface area contributed by atoms with Gasteiger partial charge in [-0.1, -0.05) is 24.3 Å². The van der Waals surface area contributed by atoms with Crippen LogP contribution in [0.3, 0.4) is 0 Å². The summed E-state index contributed by atoms with van der Waals surface area (Å²) in [5.74, 6) is -0.140. The van der Waals surface area contributed by atoms with Gasteiger partial charge in [-0.3, -0.25) is 9.59 Å². The SMILES string of the molecule is O=CC1Nc2ccccc2N1C1CN(C(=O)Cc2ccc(C(F)(F)F)cc2)C1. The molecule has 1 fully saturated rings. The van der Waals surface area contributed by atoms with E-state index in [0.29, 0.717) is 18.7 Å². The second-order valence-corrected chi connectivity index (χ2v) is 6.97. The van der Waals surface area contributed by atoms with Gasteiger partial charge >= 0.3 is 6.18 Å². The highest BCUT2D eigenvalue weighted by molar-refractivity contribution is 5.86. The van der Waals surface area contributed by atoms with Crippen molar-refractivity contribution in [2.45, 2.75) is 24.8 Å². The fraction of sp³-hybridized carbons (Fsp3) is 0.300. The minimum absolute atomic E-state index is 0.0166. The zero-order valence-corrected chi connectivity index (χ0v) is 14.8. The lowest BCUT2D eigenvalue weighted by molar-refractivity contribution is -0.137. The number of para-hydroxylation sites is 2. The lowest BCUT2D eigenvalue weighted by atomic mass is 10.0. The fourth-order valence-corrected chi connectivity index (χ4v) is 3.66. The van der Waals surface area contributed by atoms with Crippen LogP contribution in [0.25, 0.3) is 0 Å². The second-order valence-electron chi connectivity index (χ2n) is 6.97. The van der Waals surface area contributed by atoms with E-state index in [1.165, 1.54) is 12.1 Å². The molecule has 0 aliphatic carbocycles. The van der Waals surface area contributed by atoms with E-state index in [1.807, 2.05) is 29.2 Å². The summed E-state index contributed by atoms with van der Waals surface area (Å²) in [4.78, 5) is 27.5. The van der Waals surface area contributed by atoms with Gasteiger partial charge in [-0.15, -0.1) is 0 Å². The molecule has 4 rings (SSSR count). The van der Waals surface area contributed by atoms with Gasteiger partial charge in [-0.05, 0) is 29.8 Å². The third-order valence-electron chi connectivity index (χ3n) is 5.16. The number of hydrogen-bond acceptors (Lipinski definition) is 4. The van der Waals surface area contributed by atoms with Gasteiger partial charge in [-0.2, -0.15) is 13.2 Å². The summed E-state index contributed by atoms with van der Waals surface area (Å²) in [6, 6.07) is 12.3. The predicted molar refractivity (Wildman–Crippen MR) is 97.9 cm³/mol. The van der Waals surface area contributed by atoms with Crippen molar-refractivity contribution in [3.05, 3.63) is 59.7 Å². The van der Waals surface area contributed by atoms with E-state index < -0.39 is 17.9 Å². The highest BCUT2D eigenvalue weighted by atomic mass is 19.4. The molecule has 1 amide bonds. The van der Waals surface area contributed by atoms with Crippen LogP contribution in [-0.2, 0) is 22.2 Å². The number of aldehydes is 1. The number of benzene rings is 2. The summed E-state index contributed by atoms with van der Waals surface area (Å²) in [5.41, 5.74) is 1.63. The molecule has 2 aromatic rings. The molecule has 2 aliphatic rings. The van der Waals surface area contributed by atoms with E-state index >= 15 is 0 Å². The van der Waals surface area contributed by atoms with Gasteiger partial charge in [0.05, 0.1) is 29.4 Å². The van der Waals surface area contributed by atoms with Gasteiger partial charge in [-0.25, -0.2) is 0 Å². The predicted octanol–water partition coefficient (Wildman–Crippen LogP) is 2.92. The maximum Gasteiger partial charge on any atom is 0.416 e. The largest absolute Gasteiger partial charge is 0.416 e. The van der Waals surface area contributed by atoms with Crippen LogP contribution in [0.15, 0.2) is 48.5 Å². The Bertz CT molecular complexity index is 892. The first-order chi connectivity index (χ1) is 13.4. The molecule has 0 radical (unpaired) electrons. The molecule has 2 aromatic carbocycles. The van der Waals surface area contributed by atoms with Gasteiger partial charge in [0.15, 0.2) is 12.5 Å². The lowest BCUT2D eigenvalue weighted by Crippen LogP contribution is -2.63. The quantitative estimate of drug-likeness (QED) is 0.817. The first-order valence-electron chi connectivity index (χ1n) is 8.90. The van der Waals surface area contributed by atoms with Gasteiger partial charge in [0.1, 0.15) is 0 Å². The number of anilines is 2. The molecule has 1 N–H and O–H groups in total. The molecule has 0 aromatic heterocycles. The van der Waals surface area contributed by atoms with Crippen molar-refractivity contribution < 1.29 is 22.8 Å². The molecule has 2 aliphatic heterocycles. The number of nitrogens with zero attached hydrogens (tertiary/aromatic N) is 2. The van der Waals surface area contributed by atoms with E-state index in [2.05, 4.69) is 5.32 Å². The Morgan fingerprint density at radius 2 is 1.79 bits per heavy atom. The lowest BCUT2D eigenvalue weighted by Gasteiger charge is -2.46. The van der Waals surface area contributed by atoms with Crippen LogP contribution in [-0.4, -0.2) is 42.4 Å². The summed E-state index contributed by atoms with van der Waals surface area (Å²) in [6.07, 6.45) is -3.96. The summed E-state index contributed by atoms with van der Waals surface area (Å²) in [7, 11) is 0. The Morgan fingerprint density at radius 1 is 1.11 bits per heavy atom. The second kappa shape index (κ2) is 6.85. The molecule has 28 heavy (non-hydrogen) atoms. The van der Waals surface area contributed by atoms with Crippen molar-refractivity contribution >= 4 is 23.6 Å². The third kappa shape index (κ3) is 3.30. The van der Waals surface area contributed by atoms with Crippen LogP contribution in [0.4, 0.5) is 24.5 Å². The Labute approximate surface area is 159 Å². The normalized spacial score (nSPS) is 19.0. The number of rotatable bonds is 4. The molecule has 0 spiro atoms. The van der Waals surface area contributed by atoms with Crippen LogP contribution >= 0.6 is 0 Å². The highest BCUT2D eigenvalue weighted by Gasteiger charge is 2.41. The highest BCUT2D eigenvalue weighted by Crippen LogP contribution is 2.37. The zero-order chi connectivity index (χ0) is 19.9. The first kappa shape index (κ1) is 18.3. The molecule has 5 nitrogen and oxygen atoms in total. The smallest absolute Gasteiger partial charge is 0.358 e. The summed E-state index contributed by atoms with van der Waals surface area (Å²) in [5, 5.41) is 3.15. The summed E-state index contributed by atoms with van der Waals surface area (Å²) >= 11 is 0. The van der Waals surface area contributed by atoms with Crippen molar-refractivity contribution in [1.29, 1.82) is 0 Å². The molecule has 2 heterocycles. The topological polar surface area (TPSA) is 52.7 Å². The fourth-order valence-electron chi connectivity index (χ4n) is 3.66. The van der Waals surface area contributed by atoms with Gasteiger partial charge < -0.3 is 15.1 Å². The zero-order valence-electron chi connectivity index (χ0n) is 14.8. The number of fused-ring (bicyclic) bond motifs is 1. The molecule has 8 heteroatoms. The summed E-state index contributed by atoms with van der Waals surface area (Å²) in [6.45, 7) is 0.944. The molecule has 0 saturated carbocycles. The average molecular weight is 389 g/mol. The Kier molecular flexibility index (Phi) is 4.49. The molecular formula is C20H18F3N3O2. The molecule has 1 saturated heterocycles. The van der Waals surface area contributed by atoms with E-state index in [4.69, 9.17) is 0 Å². The number of alkyl halides is 3. The number of amides is 1. The number of nitrogens with one attached hydrogen (secondary N) is 1. The van der Waals surface area contributed by atoms with E-state index in [0.717, 1.165) is 29.8 Å². The molecule has 1 atom stereocenters. The number of carbonyl (C=O) groups excluding carboxylic acids is 2. The van der Waals surface area contributed by atoms with Crippen LogP contribution < -0.4 is 10.2 Å². The van der Waals surface area contributed by atoms with Gasteiger partial charge in [0.25, 0.3) is 0 Å². The van der Waals surface area contributed by atoms with Crippen molar-refractivity contribution in [3.8, 4) is 0 Å². The van der Waals surface area contributed by atoms with Gasteiger partial charge in [0.2, 0.25) is 5.91 Å².